The SMILES string of the molecule is C[CH2][Hg][CH2]C.[Hg].[Hg]. The first kappa shape index (κ1) is 16.4. The molecule has 0 rings (SSSR count). The number of hydrogen-bond acceptors (Lipinski definition) is 0. The fourth-order valence-electron chi connectivity index (χ4n) is 0.354. The van der Waals surface area contributed by atoms with Crippen LogP contribution in [0.3, 0.4) is 0 Å². The molecule has 0 aromatic heterocycles. The van der Waals surface area contributed by atoms with Gasteiger partial charge < -0.3 is 0 Å². The summed E-state index contributed by atoms with van der Waals surface area (Å²) in [7, 11) is 0. The Balaban J connectivity index is -0.0000000800. The third kappa shape index (κ3) is 17.7. The van der Waals surface area contributed by atoms with Crippen LogP contribution in [0.5, 0.6) is 0 Å². The van der Waals surface area contributed by atoms with Gasteiger partial charge in [0.1, 0.15) is 0 Å². The van der Waals surface area contributed by atoms with Crippen molar-refractivity contribution in [1.29, 1.82) is 0 Å². The molecule has 0 fully saturated rings. The van der Waals surface area contributed by atoms with Crippen LogP contribution >= 0.6 is 0 Å². The first-order valence-corrected chi connectivity index (χ1v) is 10.2. The van der Waals surface area contributed by atoms with E-state index in [-0.39, 0.29) is 79.9 Å². The average Bonchev–Trinajstić information content (AvgIpc) is 1.41. The van der Waals surface area contributed by atoms with Crippen LogP contribution in [0.15, 0.2) is 0 Å². The molecule has 0 heterocycles. The van der Waals surface area contributed by atoms with Crippen LogP contribution in [-0.2, 0) is 79.9 Å². The summed E-state index contributed by atoms with van der Waals surface area (Å²) in [6, 6.07) is 0. The van der Waals surface area contributed by atoms with Crippen molar-refractivity contribution in [2.24, 2.45) is 0 Å². The average molecular weight is 660 g/mol. The predicted molar refractivity (Wildman–Crippen MR) is 21.0 cm³/mol. The Bertz CT molecular complexity index is 14.4. The zero-order valence-corrected chi connectivity index (χ0v) is 22.0. The van der Waals surface area contributed by atoms with E-state index in [1.807, 2.05) is 0 Å². The molecule has 0 spiro atoms. The zero-order valence-electron chi connectivity index (χ0n) is 5.54. The second kappa shape index (κ2) is 15.9. The Hall–Kier alpha value is 2.81. The molecule has 0 unspecified atom stereocenters. The minimum Gasteiger partial charge on any atom is 0 e. The van der Waals surface area contributed by atoms with E-state index in [2.05, 4.69) is 13.8 Å². The first-order chi connectivity index (χ1) is 2.41. The van der Waals surface area contributed by atoms with Crippen LogP contribution in [-0.4, -0.2) is 0 Å². The van der Waals surface area contributed by atoms with Crippen molar-refractivity contribution in [2.75, 3.05) is 0 Å². The first-order valence-electron chi connectivity index (χ1n) is 2.41. The Morgan fingerprint density at radius 1 is 1.00 bits per heavy atom. The standard InChI is InChI=1S/2C2H5.3Hg/c2*1-2;;;/h2*1H2,2H3;;;. The predicted octanol–water partition coefficient (Wildman–Crippen LogP) is 1.94. The van der Waals surface area contributed by atoms with E-state index < -0.39 is 0 Å². The van der Waals surface area contributed by atoms with Gasteiger partial charge in [-0.25, -0.2) is 0 Å². The molecule has 3 heteroatoms. The van der Waals surface area contributed by atoms with E-state index in [4.69, 9.17) is 0 Å². The van der Waals surface area contributed by atoms with Crippen molar-refractivity contribution in [1.82, 2.24) is 0 Å². The molecule has 0 nitrogen and oxygen atoms in total. The van der Waals surface area contributed by atoms with Gasteiger partial charge >= 0.3 is 46.3 Å². The van der Waals surface area contributed by atoms with Crippen molar-refractivity contribution in [3.8, 4) is 0 Å². The van der Waals surface area contributed by atoms with Crippen molar-refractivity contribution in [3.05, 3.63) is 0 Å². The Morgan fingerprint density at radius 2 is 1.29 bits per heavy atom. The maximum Gasteiger partial charge on any atom is 0 e. The molecule has 0 atom stereocenters. The maximum absolute atomic E-state index is 2.31. The van der Waals surface area contributed by atoms with Crippen LogP contribution in [0.1, 0.15) is 13.8 Å². The minimum absolute atomic E-state index is 0. The quantitative estimate of drug-likeness (QED) is 0.398. The van der Waals surface area contributed by atoms with Crippen LogP contribution < -0.4 is 0 Å². The van der Waals surface area contributed by atoms with E-state index in [1.165, 1.54) is 0 Å². The van der Waals surface area contributed by atoms with E-state index in [9.17, 15) is 0 Å². The summed E-state index contributed by atoms with van der Waals surface area (Å²) in [5, 5.41) is 0. The molecule has 0 amide bonds. The van der Waals surface area contributed by atoms with E-state index in [0.717, 1.165) is 0 Å². The summed E-state index contributed by atoms with van der Waals surface area (Å²) in [6.07, 6.45) is 0. The van der Waals surface area contributed by atoms with Gasteiger partial charge in [0.05, 0.1) is 0 Å². The molecular formula is C4H10Hg3. The molecule has 0 aromatic carbocycles. The summed E-state index contributed by atoms with van der Waals surface area (Å²) in [5.74, 6) is 0. The summed E-state index contributed by atoms with van der Waals surface area (Å²) >= 11 is -0.142. The van der Waals surface area contributed by atoms with Gasteiger partial charge in [0.15, 0.2) is 0 Å². The summed E-state index contributed by atoms with van der Waals surface area (Å²) in [6.45, 7) is 4.62. The molecule has 0 aliphatic rings. The van der Waals surface area contributed by atoms with Gasteiger partial charge in [0.2, 0.25) is 0 Å². The van der Waals surface area contributed by atoms with Gasteiger partial charge in [0.25, 0.3) is 0 Å². The molecule has 0 aromatic rings. The van der Waals surface area contributed by atoms with Gasteiger partial charge in [-0.15, -0.1) is 0 Å². The number of rotatable bonds is 2. The van der Waals surface area contributed by atoms with Gasteiger partial charge in [-0.05, 0) is 0 Å². The topological polar surface area (TPSA) is 0 Å². The smallest absolute Gasteiger partial charge is 0 e. The molecular weight excluding hydrogens is 650 g/mol. The third-order valence-corrected chi connectivity index (χ3v) is 6.20. The van der Waals surface area contributed by atoms with E-state index >= 15 is 0 Å². The van der Waals surface area contributed by atoms with Gasteiger partial charge in [0, 0.05) is 55.3 Å². The summed E-state index contributed by atoms with van der Waals surface area (Å²) in [4.78, 5) is 0. The second-order valence-electron chi connectivity index (χ2n) is 1.35. The van der Waals surface area contributed by atoms with Crippen LogP contribution in [0, 0.1) is 0 Å². The fourth-order valence-corrected chi connectivity index (χ4v) is 3.10. The number of hydrogen-bond donors (Lipinski definition) is 0. The second-order valence-corrected chi connectivity index (χ2v) is 11.9. The maximum atomic E-state index is 2.31. The summed E-state index contributed by atoms with van der Waals surface area (Å²) in [5.41, 5.74) is 0. The van der Waals surface area contributed by atoms with Crippen molar-refractivity contribution < 1.29 is 79.9 Å². The Morgan fingerprint density at radius 3 is 1.29 bits per heavy atom. The molecule has 0 radical (unpaired) electrons. The van der Waals surface area contributed by atoms with Crippen LogP contribution in [0.2, 0.25) is 7.86 Å². The van der Waals surface area contributed by atoms with Gasteiger partial charge in [-0.2, -0.15) is 0 Å². The van der Waals surface area contributed by atoms with Crippen molar-refractivity contribution in [2.45, 2.75) is 21.7 Å². The molecule has 0 N–H and O–H groups in total. The largest absolute Gasteiger partial charge is 0 e. The normalized spacial score (nSPS) is 4.86. The monoisotopic (exact) mass is 664 g/mol. The Kier molecular flexibility index (Phi) is 37.3. The van der Waals surface area contributed by atoms with E-state index in [0.29, 0.717) is 0 Å². The van der Waals surface area contributed by atoms with Crippen molar-refractivity contribution in [3.63, 3.8) is 0 Å². The molecule has 0 aliphatic heterocycles. The minimum atomic E-state index is -0.142. The van der Waals surface area contributed by atoms with Gasteiger partial charge in [-0.1, -0.05) is 0 Å². The van der Waals surface area contributed by atoms with Crippen LogP contribution in [0.4, 0.5) is 0 Å². The van der Waals surface area contributed by atoms with Crippen LogP contribution in [0.25, 0.3) is 0 Å². The fraction of sp³-hybridized carbons (Fsp3) is 1.00. The molecule has 0 saturated carbocycles. The third-order valence-electron chi connectivity index (χ3n) is 0.707. The molecule has 32 valence electrons. The van der Waals surface area contributed by atoms with Gasteiger partial charge in [-0.3, -0.25) is 0 Å². The molecule has 0 aliphatic carbocycles. The molecule has 7 heavy (non-hydrogen) atoms. The summed E-state index contributed by atoms with van der Waals surface area (Å²) < 4.78 is 3.13. The Labute approximate surface area is 99.7 Å². The molecule has 0 bridgehead atoms. The van der Waals surface area contributed by atoms with Crippen molar-refractivity contribution >= 4 is 0 Å². The van der Waals surface area contributed by atoms with E-state index in [1.54, 1.807) is 7.86 Å². The molecule has 0 saturated heterocycles. The zero-order chi connectivity index (χ0) is 4.12.